The van der Waals surface area contributed by atoms with Gasteiger partial charge in [0.15, 0.2) is 11.8 Å². The summed E-state index contributed by atoms with van der Waals surface area (Å²) in [4.78, 5) is 10.9. The number of nitrogens with zero attached hydrogens (tertiary/aromatic N) is 4. The van der Waals surface area contributed by atoms with Gasteiger partial charge < -0.3 is 19.9 Å². The predicted molar refractivity (Wildman–Crippen MR) is 104 cm³/mol. The van der Waals surface area contributed by atoms with Crippen LogP contribution in [0.2, 0.25) is 0 Å². The zero-order valence-corrected chi connectivity index (χ0v) is 17.3. The lowest BCUT2D eigenvalue weighted by Crippen LogP contribution is -2.56. The quantitative estimate of drug-likeness (QED) is 0.375. The molecule has 0 saturated carbocycles. The second-order valence-corrected chi connectivity index (χ2v) is 6.25. The van der Waals surface area contributed by atoms with Gasteiger partial charge in [0.1, 0.15) is 0 Å². The number of nitrogens with one attached hydrogen (secondary N) is 2. The third-order valence-corrected chi connectivity index (χ3v) is 3.98. The molecule has 24 heavy (non-hydrogen) atoms. The minimum absolute atomic E-state index is 0. The number of aromatic nitrogens is 2. The maximum absolute atomic E-state index is 5.42. The summed E-state index contributed by atoms with van der Waals surface area (Å²) in [5.41, 5.74) is 0.0466. The van der Waals surface area contributed by atoms with Gasteiger partial charge in [-0.05, 0) is 20.8 Å². The maximum atomic E-state index is 5.42. The molecule has 8 nitrogen and oxygen atoms in total. The van der Waals surface area contributed by atoms with E-state index in [0.29, 0.717) is 24.7 Å². The molecule has 0 aromatic carbocycles. The second kappa shape index (κ2) is 10.1. The topological polar surface area (TPSA) is 87.8 Å². The van der Waals surface area contributed by atoms with Crippen LogP contribution in [0.4, 0.5) is 0 Å². The normalized spacial score (nSPS) is 16.6. The number of rotatable bonds is 6. The molecule has 0 spiro atoms. The summed E-state index contributed by atoms with van der Waals surface area (Å²) in [6.45, 7) is 11.3. The zero-order chi connectivity index (χ0) is 16.7. The summed E-state index contributed by atoms with van der Waals surface area (Å²) in [5.74, 6) is 2.08. The van der Waals surface area contributed by atoms with Gasteiger partial charge in [0.05, 0.1) is 13.2 Å². The van der Waals surface area contributed by atoms with E-state index < -0.39 is 0 Å². The number of ether oxygens (including phenoxy) is 1. The highest BCUT2D eigenvalue weighted by Crippen LogP contribution is 2.14. The van der Waals surface area contributed by atoms with Crippen molar-refractivity contribution in [2.45, 2.75) is 32.7 Å². The minimum atomic E-state index is 0. The highest BCUT2D eigenvalue weighted by atomic mass is 127. The summed E-state index contributed by atoms with van der Waals surface area (Å²) in [5, 5.41) is 10.4. The van der Waals surface area contributed by atoms with Crippen molar-refractivity contribution in [3.63, 3.8) is 0 Å². The molecule has 2 N–H and O–H groups in total. The number of aryl methyl sites for hydroxylation is 1. The van der Waals surface area contributed by atoms with Gasteiger partial charge in [0, 0.05) is 45.2 Å². The smallest absolute Gasteiger partial charge is 0.228 e. The van der Waals surface area contributed by atoms with E-state index in [1.807, 2.05) is 6.92 Å². The molecule has 1 aromatic rings. The van der Waals surface area contributed by atoms with Crippen LogP contribution in [0.1, 0.15) is 25.6 Å². The first kappa shape index (κ1) is 21.1. The van der Waals surface area contributed by atoms with Crippen LogP contribution in [0.5, 0.6) is 0 Å². The molecule has 0 unspecified atom stereocenters. The van der Waals surface area contributed by atoms with Crippen molar-refractivity contribution in [3.05, 3.63) is 11.7 Å². The molecular weight excluding hydrogens is 423 g/mol. The maximum Gasteiger partial charge on any atom is 0.228 e. The van der Waals surface area contributed by atoms with E-state index in [1.54, 1.807) is 7.05 Å². The Balaban J connectivity index is 0.00000288. The number of hydrogen-bond acceptors (Lipinski definition) is 6. The fourth-order valence-electron chi connectivity index (χ4n) is 2.53. The van der Waals surface area contributed by atoms with E-state index in [9.17, 15) is 0 Å². The number of aliphatic imine (C=N–C) groups is 1. The Hall–Kier alpha value is -0.940. The lowest BCUT2D eigenvalue weighted by atomic mass is 10.0. The van der Waals surface area contributed by atoms with Crippen molar-refractivity contribution in [2.24, 2.45) is 4.99 Å². The molecule has 0 atom stereocenters. The molecule has 9 heteroatoms. The third kappa shape index (κ3) is 6.52. The molecule has 0 radical (unpaired) electrons. The van der Waals surface area contributed by atoms with Crippen LogP contribution < -0.4 is 10.6 Å². The molecule has 2 heterocycles. The average molecular weight is 452 g/mol. The van der Waals surface area contributed by atoms with Gasteiger partial charge in [-0.2, -0.15) is 4.98 Å². The molecule has 1 fully saturated rings. The first-order valence-corrected chi connectivity index (χ1v) is 8.08. The third-order valence-electron chi connectivity index (χ3n) is 3.98. The van der Waals surface area contributed by atoms with Gasteiger partial charge in [-0.3, -0.25) is 9.89 Å². The van der Waals surface area contributed by atoms with E-state index in [2.05, 4.69) is 44.5 Å². The molecule has 1 aromatic heterocycles. The van der Waals surface area contributed by atoms with Crippen molar-refractivity contribution < 1.29 is 9.26 Å². The molecular formula is C15H29IN6O2. The van der Waals surface area contributed by atoms with Crippen molar-refractivity contribution in [3.8, 4) is 0 Å². The number of guanidine groups is 1. The van der Waals surface area contributed by atoms with Crippen molar-refractivity contribution in [1.29, 1.82) is 0 Å². The minimum Gasteiger partial charge on any atom is -0.379 e. The molecule has 2 rings (SSSR count). The van der Waals surface area contributed by atoms with E-state index in [0.717, 1.165) is 38.8 Å². The Labute approximate surface area is 160 Å². The highest BCUT2D eigenvalue weighted by Gasteiger charge is 2.28. The van der Waals surface area contributed by atoms with Crippen LogP contribution in [0, 0.1) is 6.92 Å². The lowest BCUT2D eigenvalue weighted by Gasteiger charge is -2.41. The monoisotopic (exact) mass is 452 g/mol. The lowest BCUT2D eigenvalue weighted by molar-refractivity contribution is -0.00833. The van der Waals surface area contributed by atoms with Crippen LogP contribution in [-0.2, 0) is 11.2 Å². The molecule has 138 valence electrons. The number of hydrogen-bond donors (Lipinski definition) is 2. The molecule has 1 aliphatic heterocycles. The molecule has 0 amide bonds. The zero-order valence-electron chi connectivity index (χ0n) is 15.0. The Morgan fingerprint density at radius 2 is 2.00 bits per heavy atom. The van der Waals surface area contributed by atoms with Crippen molar-refractivity contribution in [2.75, 3.05) is 46.4 Å². The Morgan fingerprint density at radius 1 is 1.29 bits per heavy atom. The molecule has 1 aliphatic rings. The second-order valence-electron chi connectivity index (χ2n) is 6.25. The van der Waals surface area contributed by atoms with Crippen molar-refractivity contribution in [1.82, 2.24) is 25.7 Å². The summed E-state index contributed by atoms with van der Waals surface area (Å²) >= 11 is 0. The SMILES string of the molecule is CN=C(NCCc1nc(C)no1)NCC(C)(C)N1CCOCC1.I. The van der Waals surface area contributed by atoms with Gasteiger partial charge in [0.25, 0.3) is 0 Å². The molecule has 0 aliphatic carbocycles. The van der Waals surface area contributed by atoms with Gasteiger partial charge >= 0.3 is 0 Å². The summed E-state index contributed by atoms with van der Waals surface area (Å²) in [6, 6.07) is 0. The van der Waals surface area contributed by atoms with Gasteiger partial charge in [-0.1, -0.05) is 5.16 Å². The van der Waals surface area contributed by atoms with Crippen molar-refractivity contribution >= 4 is 29.9 Å². The van der Waals surface area contributed by atoms with Gasteiger partial charge in [0.2, 0.25) is 5.89 Å². The summed E-state index contributed by atoms with van der Waals surface area (Å²) < 4.78 is 10.5. The molecule has 1 saturated heterocycles. The van der Waals surface area contributed by atoms with E-state index >= 15 is 0 Å². The van der Waals surface area contributed by atoms with E-state index in [4.69, 9.17) is 9.26 Å². The van der Waals surface area contributed by atoms with E-state index in [-0.39, 0.29) is 29.5 Å². The van der Waals surface area contributed by atoms with Crippen LogP contribution in [0.3, 0.4) is 0 Å². The largest absolute Gasteiger partial charge is 0.379 e. The highest BCUT2D eigenvalue weighted by molar-refractivity contribution is 14.0. The fraction of sp³-hybridized carbons (Fsp3) is 0.800. The Morgan fingerprint density at radius 3 is 2.58 bits per heavy atom. The fourth-order valence-corrected chi connectivity index (χ4v) is 2.53. The first-order chi connectivity index (χ1) is 11.0. The summed E-state index contributed by atoms with van der Waals surface area (Å²) in [6.07, 6.45) is 0.675. The average Bonchev–Trinajstić information content (AvgIpc) is 2.97. The first-order valence-electron chi connectivity index (χ1n) is 8.08. The van der Waals surface area contributed by atoms with Crippen LogP contribution >= 0.6 is 24.0 Å². The van der Waals surface area contributed by atoms with E-state index in [1.165, 1.54) is 0 Å². The number of halogens is 1. The van der Waals surface area contributed by atoms with Crippen LogP contribution in [-0.4, -0.2) is 73.0 Å². The van der Waals surface area contributed by atoms with Crippen LogP contribution in [0.25, 0.3) is 0 Å². The standard InChI is InChI=1S/C15H28N6O2.HI/c1-12-19-13(23-20-12)5-6-17-14(16-4)18-11-15(2,3)21-7-9-22-10-8-21;/h5-11H2,1-4H3,(H2,16,17,18);1H. The van der Waals surface area contributed by atoms with Gasteiger partial charge in [-0.25, -0.2) is 0 Å². The predicted octanol–water partition coefficient (Wildman–Crippen LogP) is 0.814. The number of morpholine rings is 1. The Kier molecular flexibility index (Phi) is 8.92. The Bertz CT molecular complexity index is 514. The van der Waals surface area contributed by atoms with Crippen LogP contribution in [0.15, 0.2) is 9.52 Å². The molecule has 0 bridgehead atoms. The van der Waals surface area contributed by atoms with Gasteiger partial charge in [-0.15, -0.1) is 24.0 Å². The summed E-state index contributed by atoms with van der Waals surface area (Å²) in [7, 11) is 1.77.